The van der Waals surface area contributed by atoms with Gasteiger partial charge in [-0.3, -0.25) is 0 Å². The first-order valence-electron chi connectivity index (χ1n) is 12.3. The van der Waals surface area contributed by atoms with Crippen molar-refractivity contribution in [2.45, 2.75) is 156 Å². The van der Waals surface area contributed by atoms with Crippen LogP contribution in [0.15, 0.2) is 0 Å². The molecule has 25 heavy (non-hydrogen) atoms. The lowest BCUT2D eigenvalue weighted by Gasteiger charge is -2.17. The first-order chi connectivity index (χ1) is 12.3. The van der Waals surface area contributed by atoms with E-state index in [4.69, 9.17) is 0 Å². The second-order valence-electron chi connectivity index (χ2n) is 8.54. The van der Waals surface area contributed by atoms with E-state index in [-0.39, 0.29) is 0 Å². The molecule has 0 heterocycles. The van der Waals surface area contributed by atoms with Crippen LogP contribution >= 0.6 is 0 Å². The van der Waals surface area contributed by atoms with Crippen molar-refractivity contribution >= 4 is 0 Å². The summed E-state index contributed by atoms with van der Waals surface area (Å²) >= 11 is 0. The molecule has 0 aromatic rings. The Morgan fingerprint density at radius 1 is 0.320 bits per heavy atom. The van der Waals surface area contributed by atoms with Gasteiger partial charge in [0.2, 0.25) is 0 Å². The normalized spacial score (nSPS) is 12.6. The van der Waals surface area contributed by atoms with Gasteiger partial charge in [0.05, 0.1) is 0 Å². The van der Waals surface area contributed by atoms with Gasteiger partial charge in [-0.1, -0.05) is 156 Å². The van der Waals surface area contributed by atoms with E-state index in [1.54, 1.807) is 0 Å². The summed E-state index contributed by atoms with van der Waals surface area (Å²) in [5.74, 6) is 1.04. The fraction of sp³-hybridized carbons (Fsp3) is 1.00. The second-order valence-corrected chi connectivity index (χ2v) is 8.54. The highest BCUT2D eigenvalue weighted by atomic mass is 14.1. The highest BCUT2D eigenvalue weighted by molar-refractivity contribution is 4.62. The van der Waals surface area contributed by atoms with Gasteiger partial charge in [0.1, 0.15) is 0 Å². The van der Waals surface area contributed by atoms with Crippen LogP contribution in [0.5, 0.6) is 0 Å². The van der Waals surface area contributed by atoms with Gasteiger partial charge in [-0.15, -0.1) is 0 Å². The summed E-state index contributed by atoms with van der Waals surface area (Å²) in [6.45, 7) is 6.95. The number of hydrogen-bond donors (Lipinski definition) is 0. The van der Waals surface area contributed by atoms with Crippen LogP contribution in [0.1, 0.15) is 156 Å². The van der Waals surface area contributed by atoms with Crippen molar-refractivity contribution in [2.75, 3.05) is 0 Å². The molecule has 0 aliphatic rings. The molecule has 0 saturated carbocycles. The summed E-state index contributed by atoms with van der Waals surface area (Å²) in [4.78, 5) is 0. The van der Waals surface area contributed by atoms with Gasteiger partial charge in [-0.25, -0.2) is 0 Å². The van der Waals surface area contributed by atoms with Crippen molar-refractivity contribution < 1.29 is 0 Å². The Balaban J connectivity index is 3.69. The molecule has 0 N–H and O–H groups in total. The quantitative estimate of drug-likeness (QED) is 0.180. The fourth-order valence-electron chi connectivity index (χ4n) is 4.07. The first kappa shape index (κ1) is 25.0. The smallest absolute Gasteiger partial charge is 0.0414 e. The zero-order valence-electron chi connectivity index (χ0n) is 18.4. The molecule has 0 amide bonds. The average molecular weight is 353 g/mol. The van der Waals surface area contributed by atoms with E-state index in [0.717, 1.165) is 5.92 Å². The van der Waals surface area contributed by atoms with Crippen LogP contribution in [0.3, 0.4) is 0 Å². The van der Waals surface area contributed by atoms with Crippen molar-refractivity contribution in [3.05, 3.63) is 0 Å². The maximum Gasteiger partial charge on any atom is -0.0414 e. The standard InChI is InChI=1S/C25H52/c1-4-7-10-13-15-16-18-21-24-25(22-19-12-9-6-3)23-20-17-14-11-8-5-2/h25H,4-24H2,1-3H3. The SMILES string of the molecule is CCCCCCCCCCC(CCCCCC)CCCCCCCC. The molecule has 1 atom stereocenters. The van der Waals surface area contributed by atoms with E-state index in [1.165, 1.54) is 135 Å². The Morgan fingerprint density at radius 3 is 0.880 bits per heavy atom. The van der Waals surface area contributed by atoms with E-state index >= 15 is 0 Å². The lowest BCUT2D eigenvalue weighted by molar-refractivity contribution is 0.366. The van der Waals surface area contributed by atoms with Gasteiger partial charge in [0, 0.05) is 0 Å². The highest BCUT2D eigenvalue weighted by Gasteiger charge is 2.08. The molecule has 0 heteroatoms. The third-order valence-electron chi connectivity index (χ3n) is 5.90. The van der Waals surface area contributed by atoms with Gasteiger partial charge >= 0.3 is 0 Å². The summed E-state index contributed by atoms with van der Waals surface area (Å²) in [6, 6.07) is 0. The summed E-state index contributed by atoms with van der Waals surface area (Å²) in [5, 5.41) is 0. The van der Waals surface area contributed by atoms with Crippen LogP contribution in [-0.2, 0) is 0 Å². The monoisotopic (exact) mass is 352 g/mol. The average Bonchev–Trinajstić information content (AvgIpc) is 2.63. The van der Waals surface area contributed by atoms with E-state index in [9.17, 15) is 0 Å². The molecule has 152 valence electrons. The molecule has 0 bridgehead atoms. The zero-order chi connectivity index (χ0) is 18.4. The van der Waals surface area contributed by atoms with E-state index < -0.39 is 0 Å². The molecule has 1 unspecified atom stereocenters. The summed E-state index contributed by atoms with van der Waals surface area (Å²) in [6.07, 6.45) is 30.8. The largest absolute Gasteiger partial charge is 0.0654 e. The molecule has 0 rings (SSSR count). The fourth-order valence-corrected chi connectivity index (χ4v) is 4.07. The van der Waals surface area contributed by atoms with Crippen molar-refractivity contribution in [3.8, 4) is 0 Å². The van der Waals surface area contributed by atoms with E-state index in [2.05, 4.69) is 20.8 Å². The van der Waals surface area contributed by atoms with Gasteiger partial charge in [0.15, 0.2) is 0 Å². The molecule has 0 fully saturated rings. The van der Waals surface area contributed by atoms with Gasteiger partial charge in [-0.2, -0.15) is 0 Å². The van der Waals surface area contributed by atoms with Gasteiger partial charge in [-0.05, 0) is 5.92 Å². The van der Waals surface area contributed by atoms with Crippen LogP contribution in [0.4, 0.5) is 0 Å². The molecule has 0 radical (unpaired) electrons. The van der Waals surface area contributed by atoms with Crippen molar-refractivity contribution in [1.82, 2.24) is 0 Å². The second kappa shape index (κ2) is 22.0. The molecule has 0 aliphatic carbocycles. The molecule has 0 nitrogen and oxygen atoms in total. The van der Waals surface area contributed by atoms with Crippen LogP contribution in [-0.4, -0.2) is 0 Å². The van der Waals surface area contributed by atoms with Crippen LogP contribution in [0.25, 0.3) is 0 Å². The predicted octanol–water partition coefficient (Wildman–Crippen LogP) is 9.85. The Bertz CT molecular complexity index is 220. The third-order valence-corrected chi connectivity index (χ3v) is 5.90. The van der Waals surface area contributed by atoms with Crippen LogP contribution in [0, 0.1) is 5.92 Å². The van der Waals surface area contributed by atoms with Crippen LogP contribution < -0.4 is 0 Å². The molecule has 0 aromatic carbocycles. The number of rotatable bonds is 21. The lowest BCUT2D eigenvalue weighted by Crippen LogP contribution is -2.01. The Hall–Kier alpha value is 0. The number of hydrogen-bond acceptors (Lipinski definition) is 0. The van der Waals surface area contributed by atoms with Crippen molar-refractivity contribution in [3.63, 3.8) is 0 Å². The molecular formula is C25H52. The summed E-state index contributed by atoms with van der Waals surface area (Å²) in [7, 11) is 0. The zero-order valence-corrected chi connectivity index (χ0v) is 18.4. The topological polar surface area (TPSA) is 0 Å². The van der Waals surface area contributed by atoms with E-state index in [0.29, 0.717) is 0 Å². The van der Waals surface area contributed by atoms with Crippen LogP contribution in [0.2, 0.25) is 0 Å². The third kappa shape index (κ3) is 20.2. The first-order valence-corrected chi connectivity index (χ1v) is 12.3. The minimum absolute atomic E-state index is 1.04. The maximum absolute atomic E-state index is 2.33. The Kier molecular flexibility index (Phi) is 22.0. The Labute approximate surface area is 161 Å². The highest BCUT2D eigenvalue weighted by Crippen LogP contribution is 2.24. The Morgan fingerprint density at radius 2 is 0.560 bits per heavy atom. The minimum atomic E-state index is 1.04. The molecule has 0 saturated heterocycles. The lowest BCUT2D eigenvalue weighted by atomic mass is 9.89. The minimum Gasteiger partial charge on any atom is -0.0654 e. The van der Waals surface area contributed by atoms with Gasteiger partial charge in [0.25, 0.3) is 0 Å². The maximum atomic E-state index is 2.33. The van der Waals surface area contributed by atoms with Crippen molar-refractivity contribution in [2.24, 2.45) is 5.92 Å². The summed E-state index contributed by atoms with van der Waals surface area (Å²) in [5.41, 5.74) is 0. The van der Waals surface area contributed by atoms with Crippen molar-refractivity contribution in [1.29, 1.82) is 0 Å². The summed E-state index contributed by atoms with van der Waals surface area (Å²) < 4.78 is 0. The van der Waals surface area contributed by atoms with Gasteiger partial charge < -0.3 is 0 Å². The number of unbranched alkanes of at least 4 members (excludes halogenated alkanes) is 15. The molecule has 0 aromatic heterocycles. The molecular weight excluding hydrogens is 300 g/mol. The van der Waals surface area contributed by atoms with E-state index in [1.807, 2.05) is 0 Å². The molecule has 0 aliphatic heterocycles. The molecule has 0 spiro atoms. The predicted molar refractivity (Wildman–Crippen MR) is 117 cm³/mol.